The SMILES string of the molecule is c1ccc(-c2ccc3ccc(-c4c5ccccc5c(-c5c6ccccc6nc6c5ccc5cccnc56)c5ccccc45)cc3n2)nc1.c1ccc(-c2ccc3ccc(-c4ccc5c6ccc(-c7c8ccccc8nc8c7ccc7cccnc78)cc6c6ccccc6c5c4)cc3n2)nc1. The molecule has 0 amide bonds. The van der Waals surface area contributed by atoms with E-state index >= 15 is 0 Å². The van der Waals surface area contributed by atoms with Crippen molar-refractivity contribution in [3.05, 3.63) is 328 Å². The summed E-state index contributed by atoms with van der Waals surface area (Å²) in [6.07, 6.45) is 7.33. The highest BCUT2D eigenvalue weighted by molar-refractivity contribution is 6.30. The van der Waals surface area contributed by atoms with Gasteiger partial charge in [-0.05, 0) is 172 Å². The molecule has 8 nitrogen and oxygen atoms in total. The van der Waals surface area contributed by atoms with Gasteiger partial charge >= 0.3 is 0 Å². The second kappa shape index (κ2) is 23.1. The van der Waals surface area contributed by atoms with Crippen LogP contribution >= 0.6 is 0 Å². The van der Waals surface area contributed by atoms with Gasteiger partial charge in [0.1, 0.15) is 0 Å². The largest absolute Gasteiger partial charge is 0.255 e. The quantitative estimate of drug-likeness (QED) is 0.120. The summed E-state index contributed by atoms with van der Waals surface area (Å²) in [6.45, 7) is 0. The number of nitrogens with zero attached hydrogens (tertiary/aromatic N) is 8. The highest BCUT2D eigenvalue weighted by Crippen LogP contribution is 2.49. The van der Waals surface area contributed by atoms with Crippen LogP contribution in [0.4, 0.5) is 0 Å². The number of hydrogen-bond acceptors (Lipinski definition) is 8. The van der Waals surface area contributed by atoms with Gasteiger partial charge in [-0.3, -0.25) is 19.9 Å². The molecule has 0 aliphatic heterocycles. The first-order chi connectivity index (χ1) is 49.6. The molecule has 0 aliphatic rings. The molecular formula is C92H54N8. The van der Waals surface area contributed by atoms with E-state index in [9.17, 15) is 0 Å². The Balaban J connectivity index is 0.000000135. The molecule has 0 saturated heterocycles. The summed E-state index contributed by atoms with van der Waals surface area (Å²) in [4.78, 5) is 39.1. The minimum atomic E-state index is 0.865. The molecule has 21 rings (SSSR count). The molecule has 462 valence electrons. The molecule has 21 aromatic rings. The summed E-state index contributed by atoms with van der Waals surface area (Å²) in [5.74, 6) is 0. The van der Waals surface area contributed by atoms with Crippen molar-refractivity contribution in [2.24, 2.45) is 0 Å². The Hall–Kier alpha value is -13.6. The van der Waals surface area contributed by atoms with Crippen molar-refractivity contribution in [2.45, 2.75) is 0 Å². The van der Waals surface area contributed by atoms with Crippen LogP contribution in [0.3, 0.4) is 0 Å². The summed E-state index contributed by atoms with van der Waals surface area (Å²) in [5, 5.41) is 21.0. The fraction of sp³-hybridized carbons (Fsp3) is 0. The zero-order valence-electron chi connectivity index (χ0n) is 53.8. The Bertz CT molecular complexity index is 6900. The van der Waals surface area contributed by atoms with E-state index < -0.39 is 0 Å². The Morgan fingerprint density at radius 2 is 0.510 bits per heavy atom. The first-order valence-electron chi connectivity index (χ1n) is 33.7. The molecule has 8 heterocycles. The van der Waals surface area contributed by atoms with Crippen molar-refractivity contribution in [3.63, 3.8) is 0 Å². The first kappa shape index (κ1) is 56.8. The average molecular weight is 1270 g/mol. The van der Waals surface area contributed by atoms with E-state index in [1.54, 1.807) is 0 Å². The van der Waals surface area contributed by atoms with Crippen molar-refractivity contribution in [2.75, 3.05) is 0 Å². The monoisotopic (exact) mass is 1270 g/mol. The maximum atomic E-state index is 5.20. The second-order valence-corrected chi connectivity index (χ2v) is 25.6. The summed E-state index contributed by atoms with van der Waals surface area (Å²) in [6, 6.07) is 108. The van der Waals surface area contributed by atoms with E-state index in [0.717, 1.165) is 127 Å². The third-order valence-corrected chi connectivity index (χ3v) is 20.0. The van der Waals surface area contributed by atoms with Gasteiger partial charge in [0.15, 0.2) is 0 Å². The third kappa shape index (κ3) is 9.30. The summed E-state index contributed by atoms with van der Waals surface area (Å²) < 4.78 is 0. The van der Waals surface area contributed by atoms with Crippen LogP contribution in [0.2, 0.25) is 0 Å². The number of benzene rings is 13. The summed E-state index contributed by atoms with van der Waals surface area (Å²) in [5.41, 5.74) is 20.4. The number of para-hydroxylation sites is 2. The van der Waals surface area contributed by atoms with Gasteiger partial charge in [-0.15, -0.1) is 0 Å². The predicted molar refractivity (Wildman–Crippen MR) is 415 cm³/mol. The van der Waals surface area contributed by atoms with Crippen molar-refractivity contribution < 1.29 is 0 Å². The standard InChI is InChI=1S/C48H28N4.C44H26N4/c1-2-10-35-34(9-1)40-26-31(32-15-14-29-19-23-44(51-45(29)28-32)43-13-5-6-24-49-43)17-20-36(40)37-21-18-33(27-41(35)37)46-38-11-3-4-12-42(38)52-48-39(46)22-16-30-8-7-25-50-47(30)48;1-3-13-32-30(11-1)40(29-19-18-27-21-23-38(47-39(27)26-29)37-17-7-8-24-45-37)31-12-2-4-14-33(31)41(32)42-34-15-5-6-16-36(34)48-44-35(42)22-20-28-10-9-25-46-43(28)44/h1-28H;1-26H. The summed E-state index contributed by atoms with van der Waals surface area (Å²) >= 11 is 0. The fourth-order valence-corrected chi connectivity index (χ4v) is 15.4. The molecule has 8 heteroatoms. The van der Waals surface area contributed by atoms with Crippen LogP contribution in [0.25, 0.3) is 208 Å². The smallest absolute Gasteiger partial charge is 0.0978 e. The van der Waals surface area contributed by atoms with Crippen molar-refractivity contribution in [1.29, 1.82) is 0 Å². The first-order valence-corrected chi connectivity index (χ1v) is 33.7. The van der Waals surface area contributed by atoms with Crippen LogP contribution in [-0.2, 0) is 0 Å². The van der Waals surface area contributed by atoms with Gasteiger partial charge in [0.2, 0.25) is 0 Å². The third-order valence-electron chi connectivity index (χ3n) is 20.0. The normalized spacial score (nSPS) is 11.8. The number of fused-ring (bicyclic) bond motifs is 18. The molecule has 100 heavy (non-hydrogen) atoms. The van der Waals surface area contributed by atoms with Crippen molar-refractivity contribution in [1.82, 2.24) is 39.9 Å². The van der Waals surface area contributed by atoms with E-state index in [4.69, 9.17) is 29.9 Å². The Morgan fingerprint density at radius 3 is 1.05 bits per heavy atom. The van der Waals surface area contributed by atoms with Gasteiger partial charge < -0.3 is 0 Å². The number of aromatic nitrogens is 8. The van der Waals surface area contributed by atoms with E-state index in [1.165, 1.54) is 81.7 Å². The van der Waals surface area contributed by atoms with Gasteiger partial charge in [0.25, 0.3) is 0 Å². The Morgan fingerprint density at radius 1 is 0.160 bits per heavy atom. The van der Waals surface area contributed by atoms with E-state index in [1.807, 2.05) is 85.5 Å². The predicted octanol–water partition coefficient (Wildman–Crippen LogP) is 23.5. The molecule has 13 aromatic carbocycles. The zero-order chi connectivity index (χ0) is 65.8. The van der Waals surface area contributed by atoms with Crippen LogP contribution < -0.4 is 0 Å². The highest BCUT2D eigenvalue weighted by atomic mass is 14.8. The maximum absolute atomic E-state index is 5.20. The van der Waals surface area contributed by atoms with Crippen LogP contribution in [0.15, 0.2) is 328 Å². The van der Waals surface area contributed by atoms with Gasteiger partial charge in [-0.2, -0.15) is 0 Å². The van der Waals surface area contributed by atoms with E-state index in [2.05, 4.69) is 253 Å². The molecule has 0 aliphatic carbocycles. The minimum absolute atomic E-state index is 0.865. The van der Waals surface area contributed by atoms with Gasteiger partial charge in [0.05, 0.1) is 66.9 Å². The summed E-state index contributed by atoms with van der Waals surface area (Å²) in [7, 11) is 0. The van der Waals surface area contributed by atoms with Gasteiger partial charge in [-0.25, -0.2) is 19.9 Å². The second-order valence-electron chi connectivity index (χ2n) is 25.6. The maximum Gasteiger partial charge on any atom is 0.0978 e. The molecular weight excluding hydrogens is 1220 g/mol. The molecule has 0 N–H and O–H groups in total. The van der Waals surface area contributed by atoms with Crippen LogP contribution in [0.1, 0.15) is 0 Å². The van der Waals surface area contributed by atoms with Crippen LogP contribution in [0, 0.1) is 0 Å². The lowest BCUT2D eigenvalue weighted by Crippen LogP contribution is -1.95. The van der Waals surface area contributed by atoms with E-state index in [-0.39, 0.29) is 0 Å². The Labute approximate surface area is 572 Å². The molecule has 0 atom stereocenters. The highest BCUT2D eigenvalue weighted by Gasteiger charge is 2.23. The van der Waals surface area contributed by atoms with E-state index in [0.29, 0.717) is 0 Å². The molecule has 0 unspecified atom stereocenters. The van der Waals surface area contributed by atoms with Gasteiger partial charge in [-0.1, -0.05) is 218 Å². The van der Waals surface area contributed by atoms with Crippen molar-refractivity contribution in [3.8, 4) is 67.3 Å². The van der Waals surface area contributed by atoms with Gasteiger partial charge in [0, 0.05) is 79.0 Å². The molecule has 0 bridgehead atoms. The lowest BCUT2D eigenvalue weighted by atomic mass is 9.83. The molecule has 0 radical (unpaired) electrons. The minimum Gasteiger partial charge on any atom is -0.255 e. The zero-order valence-corrected chi connectivity index (χ0v) is 53.8. The number of hydrogen-bond donors (Lipinski definition) is 0. The molecule has 0 fully saturated rings. The molecule has 8 aromatic heterocycles. The molecule has 0 saturated carbocycles. The number of rotatable bonds is 6. The number of pyridine rings is 8. The van der Waals surface area contributed by atoms with Crippen LogP contribution in [0.5, 0.6) is 0 Å². The van der Waals surface area contributed by atoms with Crippen LogP contribution in [-0.4, -0.2) is 39.9 Å². The topological polar surface area (TPSA) is 103 Å². The van der Waals surface area contributed by atoms with Crippen molar-refractivity contribution >= 4 is 141 Å². The lowest BCUT2D eigenvalue weighted by molar-refractivity contribution is 1.28. The fourth-order valence-electron chi connectivity index (χ4n) is 15.4. The molecule has 0 spiro atoms. The average Bonchev–Trinajstić information content (AvgIpc) is 0.706. The lowest BCUT2D eigenvalue weighted by Gasteiger charge is -2.20. The Kier molecular flexibility index (Phi) is 13.1.